The number of halogens is 1. The van der Waals surface area contributed by atoms with Gasteiger partial charge in [-0.2, -0.15) is 0 Å². The van der Waals surface area contributed by atoms with Crippen molar-refractivity contribution in [2.45, 2.75) is 12.3 Å². The van der Waals surface area contributed by atoms with E-state index in [1.165, 1.54) is 11.1 Å². The first kappa shape index (κ1) is 16.7. The van der Waals surface area contributed by atoms with E-state index in [4.69, 9.17) is 9.47 Å². The lowest BCUT2D eigenvalue weighted by Crippen LogP contribution is -2.32. The molecular formula is C19H19ClN2O2. The molecular weight excluding hydrogens is 324 g/mol. The molecule has 124 valence electrons. The van der Waals surface area contributed by atoms with Crippen LogP contribution in [0.2, 0.25) is 0 Å². The highest BCUT2D eigenvalue weighted by atomic mass is 35.5. The van der Waals surface area contributed by atoms with Gasteiger partial charge in [0.2, 0.25) is 5.79 Å². The summed E-state index contributed by atoms with van der Waals surface area (Å²) < 4.78 is 13.9. The van der Waals surface area contributed by atoms with Gasteiger partial charge in [0.25, 0.3) is 0 Å². The molecule has 5 heteroatoms. The zero-order chi connectivity index (χ0) is 15.5. The molecule has 0 bridgehead atoms. The maximum Gasteiger partial charge on any atom is 0.213 e. The Hall–Kier alpha value is -2.14. The van der Waals surface area contributed by atoms with Crippen LogP contribution in [0.5, 0.6) is 0 Å². The number of hydrogen-bond donors (Lipinski definition) is 0. The first-order chi connectivity index (χ1) is 11.4. The van der Waals surface area contributed by atoms with Gasteiger partial charge in [0.05, 0.1) is 26.1 Å². The predicted molar refractivity (Wildman–Crippen MR) is 94.9 cm³/mol. The van der Waals surface area contributed by atoms with Gasteiger partial charge in [0, 0.05) is 18.0 Å². The molecule has 3 aromatic rings. The van der Waals surface area contributed by atoms with E-state index in [0.717, 1.165) is 5.56 Å². The lowest BCUT2D eigenvalue weighted by atomic mass is 10.00. The Morgan fingerprint density at radius 2 is 1.58 bits per heavy atom. The highest BCUT2D eigenvalue weighted by molar-refractivity contribution is 5.85. The average molecular weight is 343 g/mol. The molecule has 24 heavy (non-hydrogen) atoms. The van der Waals surface area contributed by atoms with E-state index in [0.29, 0.717) is 19.8 Å². The second-order valence-electron chi connectivity index (χ2n) is 5.63. The molecule has 0 atom stereocenters. The lowest BCUT2D eigenvalue weighted by molar-refractivity contribution is -0.176. The Morgan fingerprint density at radius 3 is 2.21 bits per heavy atom. The summed E-state index contributed by atoms with van der Waals surface area (Å²) in [7, 11) is 0. The normalized spacial score (nSPS) is 15.8. The molecule has 0 amide bonds. The fraction of sp³-hybridized carbons (Fsp3) is 0.211. The Bertz CT molecular complexity index is 752. The zero-order valence-electron chi connectivity index (χ0n) is 13.2. The van der Waals surface area contributed by atoms with Crippen LogP contribution in [0.1, 0.15) is 5.56 Å². The molecule has 0 saturated carbocycles. The standard InChI is InChI=1S/C19H18N2O2.ClH/c1-2-4-16(5-3-1)17-6-8-18(9-7-17)19(22-12-13-23-19)14-21-11-10-20-15-21;/h1-11,15H,12-14H2;1H. The van der Waals surface area contributed by atoms with E-state index in [2.05, 4.69) is 41.4 Å². The summed E-state index contributed by atoms with van der Waals surface area (Å²) in [6, 6.07) is 18.8. The van der Waals surface area contributed by atoms with E-state index in [1.807, 2.05) is 29.0 Å². The van der Waals surface area contributed by atoms with Crippen LogP contribution in [0.3, 0.4) is 0 Å². The molecule has 0 N–H and O–H groups in total. The third-order valence-electron chi connectivity index (χ3n) is 4.14. The van der Waals surface area contributed by atoms with Crippen molar-refractivity contribution in [3.63, 3.8) is 0 Å². The highest BCUT2D eigenvalue weighted by Crippen LogP contribution is 2.34. The Morgan fingerprint density at radius 1 is 0.917 bits per heavy atom. The molecule has 0 spiro atoms. The molecule has 0 unspecified atom stereocenters. The Kier molecular flexibility index (Phi) is 5.00. The van der Waals surface area contributed by atoms with Crippen LogP contribution in [-0.2, 0) is 21.8 Å². The van der Waals surface area contributed by atoms with E-state index in [9.17, 15) is 0 Å². The van der Waals surface area contributed by atoms with Gasteiger partial charge in [-0.3, -0.25) is 0 Å². The number of hydrogen-bond acceptors (Lipinski definition) is 3. The highest BCUT2D eigenvalue weighted by Gasteiger charge is 2.39. The summed E-state index contributed by atoms with van der Waals surface area (Å²) in [5.74, 6) is -0.726. The van der Waals surface area contributed by atoms with Gasteiger partial charge >= 0.3 is 0 Å². The number of benzene rings is 2. The van der Waals surface area contributed by atoms with E-state index in [-0.39, 0.29) is 12.4 Å². The molecule has 4 rings (SSSR count). The average Bonchev–Trinajstić information content (AvgIpc) is 3.29. The first-order valence-electron chi connectivity index (χ1n) is 7.75. The fourth-order valence-corrected chi connectivity index (χ4v) is 2.97. The van der Waals surface area contributed by atoms with Crippen LogP contribution in [0.25, 0.3) is 11.1 Å². The van der Waals surface area contributed by atoms with Crippen LogP contribution >= 0.6 is 12.4 Å². The van der Waals surface area contributed by atoms with Gasteiger partial charge in [-0.15, -0.1) is 12.4 Å². The van der Waals surface area contributed by atoms with Crippen molar-refractivity contribution in [2.75, 3.05) is 13.2 Å². The largest absolute Gasteiger partial charge is 0.342 e. The molecule has 2 heterocycles. The van der Waals surface area contributed by atoms with Crippen molar-refractivity contribution in [1.82, 2.24) is 9.55 Å². The SMILES string of the molecule is Cl.c1ccc(-c2ccc(C3(Cn4ccnc4)OCCO3)cc2)cc1. The topological polar surface area (TPSA) is 36.3 Å². The van der Waals surface area contributed by atoms with Crippen LogP contribution in [-0.4, -0.2) is 22.8 Å². The minimum absolute atomic E-state index is 0. The summed E-state index contributed by atoms with van der Waals surface area (Å²) >= 11 is 0. The summed E-state index contributed by atoms with van der Waals surface area (Å²) in [5, 5.41) is 0. The predicted octanol–water partition coefficient (Wildman–Crippen LogP) is 3.87. The maximum absolute atomic E-state index is 5.97. The minimum Gasteiger partial charge on any atom is -0.342 e. The molecule has 0 aliphatic carbocycles. The fourth-order valence-electron chi connectivity index (χ4n) is 2.97. The van der Waals surface area contributed by atoms with Gasteiger partial charge in [-0.25, -0.2) is 4.98 Å². The van der Waals surface area contributed by atoms with Gasteiger partial charge in [-0.1, -0.05) is 54.6 Å². The van der Waals surface area contributed by atoms with Crippen LogP contribution in [0.4, 0.5) is 0 Å². The molecule has 1 fully saturated rings. The number of ether oxygens (including phenoxy) is 2. The summed E-state index contributed by atoms with van der Waals surface area (Å²) in [6.45, 7) is 1.81. The van der Waals surface area contributed by atoms with Crippen molar-refractivity contribution in [3.05, 3.63) is 78.9 Å². The quantitative estimate of drug-likeness (QED) is 0.722. The molecule has 1 aromatic heterocycles. The van der Waals surface area contributed by atoms with Gasteiger partial charge < -0.3 is 14.0 Å². The third-order valence-corrected chi connectivity index (χ3v) is 4.14. The van der Waals surface area contributed by atoms with E-state index in [1.54, 1.807) is 12.5 Å². The van der Waals surface area contributed by atoms with Crippen LogP contribution in [0, 0.1) is 0 Å². The molecule has 1 saturated heterocycles. The van der Waals surface area contributed by atoms with Crippen LogP contribution in [0.15, 0.2) is 73.3 Å². The summed E-state index contributed by atoms with van der Waals surface area (Å²) in [5.41, 5.74) is 3.42. The zero-order valence-corrected chi connectivity index (χ0v) is 14.0. The monoisotopic (exact) mass is 342 g/mol. The van der Waals surface area contributed by atoms with Gasteiger partial charge in [-0.05, 0) is 11.1 Å². The summed E-state index contributed by atoms with van der Waals surface area (Å²) in [6.07, 6.45) is 5.47. The molecule has 4 nitrogen and oxygen atoms in total. The number of nitrogens with zero attached hydrogens (tertiary/aromatic N) is 2. The van der Waals surface area contributed by atoms with E-state index < -0.39 is 5.79 Å². The minimum atomic E-state index is -0.726. The first-order valence-corrected chi connectivity index (χ1v) is 7.75. The summed E-state index contributed by atoms with van der Waals surface area (Å²) in [4.78, 5) is 4.09. The van der Waals surface area contributed by atoms with Crippen LogP contribution < -0.4 is 0 Å². The number of aromatic nitrogens is 2. The molecule has 0 radical (unpaired) electrons. The second kappa shape index (κ2) is 7.18. The Labute approximate surface area is 147 Å². The molecule has 1 aliphatic rings. The van der Waals surface area contributed by atoms with Crippen molar-refractivity contribution in [1.29, 1.82) is 0 Å². The number of rotatable bonds is 4. The van der Waals surface area contributed by atoms with E-state index >= 15 is 0 Å². The Balaban J connectivity index is 0.00000169. The lowest BCUT2D eigenvalue weighted by Gasteiger charge is -2.28. The maximum atomic E-state index is 5.97. The van der Waals surface area contributed by atoms with Gasteiger partial charge in [0.1, 0.15) is 0 Å². The van der Waals surface area contributed by atoms with Crippen molar-refractivity contribution in [3.8, 4) is 11.1 Å². The van der Waals surface area contributed by atoms with Crippen molar-refractivity contribution in [2.24, 2.45) is 0 Å². The third kappa shape index (κ3) is 3.22. The van der Waals surface area contributed by atoms with Crippen molar-refractivity contribution < 1.29 is 9.47 Å². The second-order valence-corrected chi connectivity index (χ2v) is 5.63. The molecule has 2 aromatic carbocycles. The smallest absolute Gasteiger partial charge is 0.213 e. The van der Waals surface area contributed by atoms with Crippen molar-refractivity contribution >= 4 is 12.4 Å². The van der Waals surface area contributed by atoms with Gasteiger partial charge in [0.15, 0.2) is 0 Å². The molecule has 1 aliphatic heterocycles. The number of imidazole rings is 1.